The van der Waals surface area contributed by atoms with Crippen LogP contribution in [0.25, 0.3) is 0 Å². The average Bonchev–Trinajstić information content (AvgIpc) is 2.19. The monoisotopic (exact) mass is 201 g/mol. The molecule has 0 radical (unpaired) electrons. The summed E-state index contributed by atoms with van der Waals surface area (Å²) in [4.78, 5) is 0. The van der Waals surface area contributed by atoms with E-state index in [-0.39, 0.29) is 0 Å². The molecule has 0 saturated carbocycles. The Labute approximate surface area is 87.2 Å². The van der Waals surface area contributed by atoms with E-state index in [1.165, 1.54) is 12.8 Å². The van der Waals surface area contributed by atoms with Crippen LogP contribution in [0.3, 0.4) is 0 Å². The summed E-state index contributed by atoms with van der Waals surface area (Å²) in [7, 11) is 3.76. The van der Waals surface area contributed by atoms with Crippen molar-refractivity contribution in [3.8, 4) is 0 Å². The topological polar surface area (TPSA) is 30.5 Å². The van der Waals surface area contributed by atoms with Crippen molar-refractivity contribution >= 4 is 0 Å². The zero-order valence-corrected chi connectivity index (χ0v) is 9.58. The molecule has 0 spiro atoms. The molecule has 0 amide bonds. The largest absolute Gasteiger partial charge is 0.384 e. The van der Waals surface area contributed by atoms with Crippen LogP contribution in [0.2, 0.25) is 0 Å². The summed E-state index contributed by atoms with van der Waals surface area (Å²) in [6.45, 7) is 4.98. The third-order valence-electron chi connectivity index (χ3n) is 2.95. The number of methoxy groups -OCH3 is 1. The lowest BCUT2D eigenvalue weighted by Crippen LogP contribution is -2.41. The van der Waals surface area contributed by atoms with E-state index in [1.54, 1.807) is 7.11 Å². The molecule has 1 saturated heterocycles. The van der Waals surface area contributed by atoms with Crippen molar-refractivity contribution in [2.24, 2.45) is 11.8 Å². The van der Waals surface area contributed by atoms with Crippen LogP contribution in [0.1, 0.15) is 19.8 Å². The van der Waals surface area contributed by atoms with Gasteiger partial charge in [-0.05, 0) is 25.8 Å². The first-order valence-electron chi connectivity index (χ1n) is 5.54. The fourth-order valence-corrected chi connectivity index (χ4v) is 2.33. The van der Waals surface area contributed by atoms with Gasteiger partial charge < -0.3 is 14.8 Å². The van der Waals surface area contributed by atoms with E-state index in [1.807, 2.05) is 7.05 Å². The normalized spacial score (nSPS) is 30.2. The molecule has 0 aromatic heterocycles. The molecule has 1 N–H and O–H groups in total. The summed E-state index contributed by atoms with van der Waals surface area (Å²) < 4.78 is 11.0. The summed E-state index contributed by atoms with van der Waals surface area (Å²) in [5.74, 6) is 1.15. The van der Waals surface area contributed by atoms with Crippen LogP contribution in [-0.4, -0.2) is 40.0 Å². The molecular weight excluding hydrogens is 178 g/mol. The van der Waals surface area contributed by atoms with Gasteiger partial charge in [0.15, 0.2) is 0 Å². The van der Waals surface area contributed by atoms with Gasteiger partial charge in [0, 0.05) is 26.2 Å². The quantitative estimate of drug-likeness (QED) is 0.727. The van der Waals surface area contributed by atoms with Gasteiger partial charge in [0.25, 0.3) is 0 Å². The SMILES string of the molecule is CNCC1CCCOC1C(C)COC. The van der Waals surface area contributed by atoms with Crippen molar-refractivity contribution in [2.45, 2.75) is 25.9 Å². The molecule has 1 aliphatic heterocycles. The minimum absolute atomic E-state index is 0.371. The number of nitrogens with one attached hydrogen (secondary N) is 1. The fraction of sp³-hybridized carbons (Fsp3) is 1.00. The van der Waals surface area contributed by atoms with E-state index >= 15 is 0 Å². The summed E-state index contributed by atoms with van der Waals surface area (Å²) in [5, 5.41) is 3.24. The lowest BCUT2D eigenvalue weighted by molar-refractivity contribution is -0.0701. The highest BCUT2D eigenvalue weighted by molar-refractivity contribution is 4.80. The molecule has 3 heteroatoms. The molecule has 0 aliphatic carbocycles. The molecule has 14 heavy (non-hydrogen) atoms. The molecule has 1 rings (SSSR count). The van der Waals surface area contributed by atoms with E-state index in [2.05, 4.69) is 12.2 Å². The highest BCUT2D eigenvalue weighted by Gasteiger charge is 2.29. The number of rotatable bonds is 5. The summed E-state index contributed by atoms with van der Waals surface area (Å²) >= 11 is 0. The summed E-state index contributed by atoms with van der Waals surface area (Å²) in [6.07, 6.45) is 2.85. The van der Waals surface area contributed by atoms with Crippen LogP contribution in [0.15, 0.2) is 0 Å². The Kier molecular flexibility index (Phi) is 5.45. The predicted octanol–water partition coefficient (Wildman–Crippen LogP) is 1.28. The Balaban J connectivity index is 2.44. The van der Waals surface area contributed by atoms with Crippen molar-refractivity contribution in [3.63, 3.8) is 0 Å². The Hall–Kier alpha value is -0.120. The van der Waals surface area contributed by atoms with Crippen molar-refractivity contribution in [1.29, 1.82) is 0 Å². The number of hydrogen-bond acceptors (Lipinski definition) is 3. The molecule has 1 heterocycles. The smallest absolute Gasteiger partial charge is 0.0662 e. The molecule has 1 fully saturated rings. The Morgan fingerprint density at radius 1 is 1.57 bits per heavy atom. The first kappa shape index (κ1) is 12.0. The van der Waals surface area contributed by atoms with Crippen molar-refractivity contribution < 1.29 is 9.47 Å². The summed E-state index contributed by atoms with van der Waals surface area (Å²) in [5.41, 5.74) is 0. The van der Waals surface area contributed by atoms with E-state index in [4.69, 9.17) is 9.47 Å². The molecule has 3 nitrogen and oxygen atoms in total. The maximum absolute atomic E-state index is 5.84. The van der Waals surface area contributed by atoms with Crippen molar-refractivity contribution in [3.05, 3.63) is 0 Å². The third-order valence-corrected chi connectivity index (χ3v) is 2.95. The maximum Gasteiger partial charge on any atom is 0.0662 e. The van der Waals surface area contributed by atoms with Gasteiger partial charge in [0.05, 0.1) is 12.7 Å². The molecule has 1 aliphatic rings. The van der Waals surface area contributed by atoms with Crippen LogP contribution in [0.5, 0.6) is 0 Å². The highest BCUT2D eigenvalue weighted by atomic mass is 16.5. The second-order valence-electron chi connectivity index (χ2n) is 4.23. The summed E-state index contributed by atoms with van der Waals surface area (Å²) in [6, 6.07) is 0. The van der Waals surface area contributed by atoms with Gasteiger partial charge in [-0.15, -0.1) is 0 Å². The number of ether oxygens (including phenoxy) is 2. The number of hydrogen-bond donors (Lipinski definition) is 1. The van der Waals surface area contributed by atoms with Gasteiger partial charge in [-0.2, -0.15) is 0 Å². The fourth-order valence-electron chi connectivity index (χ4n) is 2.33. The van der Waals surface area contributed by atoms with Crippen LogP contribution in [0, 0.1) is 11.8 Å². The van der Waals surface area contributed by atoms with E-state index in [0.29, 0.717) is 17.9 Å². The molecule has 3 unspecified atom stereocenters. The van der Waals surface area contributed by atoms with Gasteiger partial charge in [-0.1, -0.05) is 6.92 Å². The lowest BCUT2D eigenvalue weighted by atomic mass is 9.87. The van der Waals surface area contributed by atoms with Crippen molar-refractivity contribution in [1.82, 2.24) is 5.32 Å². The van der Waals surface area contributed by atoms with Crippen LogP contribution in [-0.2, 0) is 9.47 Å². The Bertz CT molecular complexity index is 150. The molecule has 0 bridgehead atoms. The molecule has 84 valence electrons. The second kappa shape index (κ2) is 6.38. The average molecular weight is 201 g/mol. The van der Waals surface area contributed by atoms with E-state index < -0.39 is 0 Å². The van der Waals surface area contributed by atoms with Crippen molar-refractivity contribution in [2.75, 3.05) is 33.9 Å². The zero-order chi connectivity index (χ0) is 10.4. The standard InChI is InChI=1S/C11H23NO2/c1-9(8-13-3)11-10(7-12-2)5-4-6-14-11/h9-12H,4-8H2,1-3H3. The second-order valence-corrected chi connectivity index (χ2v) is 4.23. The zero-order valence-electron chi connectivity index (χ0n) is 9.58. The van der Waals surface area contributed by atoms with E-state index in [9.17, 15) is 0 Å². The Morgan fingerprint density at radius 2 is 2.36 bits per heavy atom. The first-order valence-corrected chi connectivity index (χ1v) is 5.54. The molecule has 0 aromatic carbocycles. The van der Waals surface area contributed by atoms with E-state index in [0.717, 1.165) is 19.8 Å². The van der Waals surface area contributed by atoms with Gasteiger partial charge in [-0.3, -0.25) is 0 Å². The molecule has 3 atom stereocenters. The minimum Gasteiger partial charge on any atom is -0.384 e. The van der Waals surface area contributed by atoms with Gasteiger partial charge in [0.2, 0.25) is 0 Å². The molecule has 0 aromatic rings. The first-order chi connectivity index (χ1) is 6.79. The van der Waals surface area contributed by atoms with Gasteiger partial charge in [-0.25, -0.2) is 0 Å². The van der Waals surface area contributed by atoms with Crippen LogP contribution >= 0.6 is 0 Å². The molecular formula is C11H23NO2. The minimum atomic E-state index is 0.371. The van der Waals surface area contributed by atoms with Gasteiger partial charge >= 0.3 is 0 Å². The lowest BCUT2D eigenvalue weighted by Gasteiger charge is -2.35. The maximum atomic E-state index is 5.84. The van der Waals surface area contributed by atoms with Crippen LogP contribution in [0.4, 0.5) is 0 Å². The van der Waals surface area contributed by atoms with Gasteiger partial charge in [0.1, 0.15) is 0 Å². The highest BCUT2D eigenvalue weighted by Crippen LogP contribution is 2.26. The van der Waals surface area contributed by atoms with Crippen LogP contribution < -0.4 is 5.32 Å². The Morgan fingerprint density at radius 3 is 3.00 bits per heavy atom. The third kappa shape index (κ3) is 3.23. The predicted molar refractivity (Wildman–Crippen MR) is 57.4 cm³/mol.